The minimum Gasteiger partial charge on any atom is -0.493 e. The Kier molecular flexibility index (Phi) is 14.8. The van der Waals surface area contributed by atoms with Gasteiger partial charge in [0.2, 0.25) is 0 Å². The molecule has 38 heavy (non-hydrogen) atoms. The van der Waals surface area contributed by atoms with Crippen LogP contribution in [0.1, 0.15) is 95.0 Å². The summed E-state index contributed by atoms with van der Waals surface area (Å²) in [4.78, 5) is 13.4. The molecule has 0 aromatic heterocycles. The van der Waals surface area contributed by atoms with Crippen molar-refractivity contribution in [2.24, 2.45) is 0 Å². The molecular formula is C32H46O6. The number of carbonyl (C=O) groups excluding carboxylic acids is 1. The highest BCUT2D eigenvalue weighted by Gasteiger charge is 2.17. The van der Waals surface area contributed by atoms with Gasteiger partial charge < -0.3 is 23.7 Å². The summed E-state index contributed by atoms with van der Waals surface area (Å²) in [5.74, 6) is 2.79. The van der Waals surface area contributed by atoms with Crippen molar-refractivity contribution in [3.63, 3.8) is 0 Å². The van der Waals surface area contributed by atoms with Gasteiger partial charge in [-0.25, -0.2) is 0 Å². The molecule has 6 nitrogen and oxygen atoms in total. The van der Waals surface area contributed by atoms with Crippen LogP contribution in [0.3, 0.4) is 0 Å². The Hall–Kier alpha value is -3.15. The molecule has 0 saturated heterocycles. The number of hydrogen-bond donors (Lipinski definition) is 0. The van der Waals surface area contributed by atoms with Crippen LogP contribution in [0, 0.1) is 0 Å². The van der Waals surface area contributed by atoms with E-state index in [2.05, 4.69) is 27.7 Å². The Morgan fingerprint density at radius 2 is 1.29 bits per heavy atom. The number of methoxy groups -OCH3 is 1. The molecular weight excluding hydrogens is 480 g/mol. The Labute approximate surface area is 229 Å². The van der Waals surface area contributed by atoms with Crippen LogP contribution in [0.2, 0.25) is 0 Å². The van der Waals surface area contributed by atoms with Gasteiger partial charge in [0, 0.05) is 11.6 Å². The van der Waals surface area contributed by atoms with E-state index in [1.54, 1.807) is 25.3 Å². The van der Waals surface area contributed by atoms with Gasteiger partial charge >= 0.3 is 0 Å². The number of ether oxygens (including phenoxy) is 5. The van der Waals surface area contributed by atoms with Crippen LogP contribution >= 0.6 is 0 Å². The van der Waals surface area contributed by atoms with Crippen molar-refractivity contribution < 1.29 is 28.5 Å². The van der Waals surface area contributed by atoms with Crippen LogP contribution < -0.4 is 23.7 Å². The predicted octanol–water partition coefficient (Wildman–Crippen LogP) is 8.31. The van der Waals surface area contributed by atoms with Gasteiger partial charge in [-0.15, -0.1) is 0 Å². The molecule has 210 valence electrons. The van der Waals surface area contributed by atoms with Crippen molar-refractivity contribution in [3.05, 3.63) is 47.5 Å². The van der Waals surface area contributed by atoms with Crippen LogP contribution in [-0.4, -0.2) is 39.3 Å². The first kappa shape index (κ1) is 31.1. The van der Waals surface area contributed by atoms with E-state index in [0.717, 1.165) is 56.9 Å². The molecule has 0 atom stereocenters. The van der Waals surface area contributed by atoms with Gasteiger partial charge in [-0.1, -0.05) is 59.4 Å². The number of hydrogen-bond acceptors (Lipinski definition) is 6. The molecule has 0 unspecified atom stereocenters. The number of benzene rings is 2. The zero-order valence-electron chi connectivity index (χ0n) is 24.0. The van der Waals surface area contributed by atoms with Crippen molar-refractivity contribution in [1.82, 2.24) is 0 Å². The molecule has 0 spiro atoms. The normalized spacial score (nSPS) is 11.0. The second-order valence-electron chi connectivity index (χ2n) is 9.18. The van der Waals surface area contributed by atoms with Gasteiger partial charge in [-0.3, -0.25) is 4.79 Å². The minimum atomic E-state index is -0.173. The monoisotopic (exact) mass is 526 g/mol. The van der Waals surface area contributed by atoms with Gasteiger partial charge in [0.1, 0.15) is 5.75 Å². The van der Waals surface area contributed by atoms with Crippen molar-refractivity contribution in [2.45, 2.75) is 79.1 Å². The standard InChI is InChI=1S/C32H46O6/c1-6-10-19-35-26-23-25(31(30(24-26)34-5)37-21-12-8-3)17-18-28(33)27-15-14-16-29(36-20-11-7-2)32(27)38-22-13-9-4/h14-18,23-24H,6-13,19-22H2,1-5H3/b18-17+. The third-order valence-electron chi connectivity index (χ3n) is 5.95. The van der Waals surface area contributed by atoms with Crippen molar-refractivity contribution in [1.29, 1.82) is 0 Å². The molecule has 0 aliphatic heterocycles. The summed E-state index contributed by atoms with van der Waals surface area (Å²) in [6.07, 6.45) is 11.1. The van der Waals surface area contributed by atoms with Crippen LogP contribution in [0.5, 0.6) is 28.7 Å². The summed E-state index contributed by atoms with van der Waals surface area (Å²) < 4.78 is 29.7. The largest absolute Gasteiger partial charge is 0.493 e. The second-order valence-corrected chi connectivity index (χ2v) is 9.18. The quantitative estimate of drug-likeness (QED) is 0.0982. The maximum atomic E-state index is 13.4. The average Bonchev–Trinajstić information content (AvgIpc) is 2.93. The highest BCUT2D eigenvalue weighted by atomic mass is 16.5. The van der Waals surface area contributed by atoms with E-state index in [4.69, 9.17) is 23.7 Å². The fourth-order valence-electron chi connectivity index (χ4n) is 3.64. The smallest absolute Gasteiger partial charge is 0.189 e. The van der Waals surface area contributed by atoms with E-state index >= 15 is 0 Å². The zero-order valence-corrected chi connectivity index (χ0v) is 24.0. The van der Waals surface area contributed by atoms with E-state index < -0.39 is 0 Å². The molecule has 0 heterocycles. The summed E-state index contributed by atoms with van der Waals surface area (Å²) >= 11 is 0. The first-order valence-electron chi connectivity index (χ1n) is 14.2. The number of para-hydroxylation sites is 1. The SMILES string of the molecule is CCCCOc1cc(/C=C/C(=O)c2cccc(OCCCC)c2OCCCC)c(OCCCC)c(OC)c1. The molecule has 0 fully saturated rings. The maximum absolute atomic E-state index is 13.4. The number of rotatable bonds is 20. The van der Waals surface area contributed by atoms with E-state index in [-0.39, 0.29) is 5.78 Å². The molecule has 0 N–H and O–H groups in total. The van der Waals surface area contributed by atoms with Crippen LogP contribution in [0.4, 0.5) is 0 Å². The lowest BCUT2D eigenvalue weighted by atomic mass is 10.1. The molecule has 0 saturated carbocycles. The topological polar surface area (TPSA) is 63.2 Å². The van der Waals surface area contributed by atoms with E-state index in [1.807, 2.05) is 24.3 Å². The van der Waals surface area contributed by atoms with Gasteiger partial charge in [0.05, 0.1) is 39.1 Å². The first-order valence-corrected chi connectivity index (χ1v) is 14.2. The molecule has 0 amide bonds. The van der Waals surface area contributed by atoms with E-state index in [0.29, 0.717) is 60.7 Å². The summed E-state index contributed by atoms with van der Waals surface area (Å²) in [5.41, 5.74) is 1.20. The lowest BCUT2D eigenvalue weighted by Crippen LogP contribution is -2.07. The lowest BCUT2D eigenvalue weighted by molar-refractivity contribution is 0.104. The highest BCUT2D eigenvalue weighted by molar-refractivity contribution is 6.09. The summed E-state index contributed by atoms with van der Waals surface area (Å²) in [6, 6.07) is 9.21. The zero-order chi connectivity index (χ0) is 27.6. The van der Waals surface area contributed by atoms with E-state index in [9.17, 15) is 4.79 Å². The average molecular weight is 527 g/mol. The molecule has 2 aromatic carbocycles. The van der Waals surface area contributed by atoms with Gasteiger partial charge in [0.15, 0.2) is 28.8 Å². The molecule has 0 bridgehead atoms. The lowest BCUT2D eigenvalue weighted by Gasteiger charge is -2.16. The Bertz CT molecular complexity index is 998. The van der Waals surface area contributed by atoms with Crippen molar-refractivity contribution >= 4 is 11.9 Å². The molecule has 0 aliphatic carbocycles. The third kappa shape index (κ3) is 9.96. The molecule has 2 rings (SSSR count). The van der Waals surface area contributed by atoms with Gasteiger partial charge in [-0.05, 0) is 56.0 Å². The maximum Gasteiger partial charge on any atom is 0.189 e. The summed E-state index contributed by atoms with van der Waals surface area (Å²) in [6.45, 7) is 10.7. The molecule has 0 aliphatic rings. The number of allylic oxidation sites excluding steroid dienone is 1. The highest BCUT2D eigenvalue weighted by Crippen LogP contribution is 2.38. The van der Waals surface area contributed by atoms with Crippen LogP contribution in [0.25, 0.3) is 6.08 Å². The Balaban J connectivity index is 2.41. The van der Waals surface area contributed by atoms with Crippen LogP contribution in [0.15, 0.2) is 36.4 Å². The summed E-state index contributed by atoms with van der Waals surface area (Å²) in [7, 11) is 1.61. The van der Waals surface area contributed by atoms with Crippen LogP contribution in [-0.2, 0) is 0 Å². The predicted molar refractivity (Wildman–Crippen MR) is 154 cm³/mol. The minimum absolute atomic E-state index is 0.173. The fourth-order valence-corrected chi connectivity index (χ4v) is 3.64. The molecule has 2 aromatic rings. The third-order valence-corrected chi connectivity index (χ3v) is 5.95. The van der Waals surface area contributed by atoms with E-state index in [1.165, 1.54) is 0 Å². The van der Waals surface area contributed by atoms with Crippen molar-refractivity contribution in [3.8, 4) is 28.7 Å². The summed E-state index contributed by atoms with van der Waals surface area (Å²) in [5, 5.41) is 0. The Morgan fingerprint density at radius 1 is 0.711 bits per heavy atom. The number of ketones is 1. The van der Waals surface area contributed by atoms with Gasteiger partial charge in [-0.2, -0.15) is 0 Å². The number of carbonyl (C=O) groups is 1. The molecule has 6 heteroatoms. The van der Waals surface area contributed by atoms with Gasteiger partial charge in [0.25, 0.3) is 0 Å². The fraction of sp³-hybridized carbons (Fsp3) is 0.531. The second kappa shape index (κ2) is 18.2. The first-order chi connectivity index (χ1) is 18.6. The molecule has 0 radical (unpaired) electrons. The Morgan fingerprint density at radius 3 is 1.89 bits per heavy atom. The van der Waals surface area contributed by atoms with Crippen molar-refractivity contribution in [2.75, 3.05) is 33.5 Å². The number of unbranched alkanes of at least 4 members (excludes halogenated alkanes) is 4.